The van der Waals surface area contributed by atoms with E-state index in [9.17, 15) is 9.18 Å². The number of carbonyl (C=O) groups is 1. The van der Waals surface area contributed by atoms with Gasteiger partial charge in [-0.3, -0.25) is 0 Å². The van der Waals surface area contributed by atoms with Gasteiger partial charge < -0.3 is 4.74 Å². The molecule has 1 heterocycles. The maximum absolute atomic E-state index is 13.5. The van der Waals surface area contributed by atoms with E-state index >= 15 is 0 Å². The highest BCUT2D eigenvalue weighted by atomic mass is 35.5. The molecule has 0 saturated heterocycles. The summed E-state index contributed by atoms with van der Waals surface area (Å²) in [6.07, 6.45) is 0. The van der Waals surface area contributed by atoms with Gasteiger partial charge in [-0.2, -0.15) is 0 Å². The summed E-state index contributed by atoms with van der Waals surface area (Å²) in [6.45, 7) is -0.0656. The van der Waals surface area contributed by atoms with Crippen molar-refractivity contribution < 1.29 is 13.9 Å². The van der Waals surface area contributed by atoms with E-state index in [1.165, 1.54) is 18.2 Å². The number of carbonyl (C=O) groups excluding carboxylic acids is 1. The molecule has 3 aromatic rings. The summed E-state index contributed by atoms with van der Waals surface area (Å²) in [7, 11) is 0. The number of halogens is 2. The molecule has 0 unspecified atom stereocenters. The number of fused-ring (bicyclic) bond motifs is 1. The minimum Gasteiger partial charge on any atom is -0.457 e. The number of hydrogen-bond donors (Lipinski definition) is 0. The maximum Gasteiger partial charge on any atom is 0.341 e. The highest BCUT2D eigenvalue weighted by Gasteiger charge is 2.13. The van der Waals surface area contributed by atoms with Gasteiger partial charge in [0.2, 0.25) is 0 Å². The van der Waals surface area contributed by atoms with Crippen LogP contribution in [0.3, 0.4) is 0 Å². The van der Waals surface area contributed by atoms with Crippen molar-refractivity contribution in [3.8, 4) is 0 Å². The largest absolute Gasteiger partial charge is 0.457 e. The standard InChI is InChI=1S/C17H11ClFNO2/c18-16-12(9-11-5-1-4-8-15(11)20-16)10-22-17(21)13-6-2-3-7-14(13)19/h1-9H,10H2. The van der Waals surface area contributed by atoms with E-state index in [4.69, 9.17) is 16.3 Å². The van der Waals surface area contributed by atoms with Crippen LogP contribution in [0.15, 0.2) is 54.6 Å². The Morgan fingerprint density at radius 2 is 1.86 bits per heavy atom. The molecule has 22 heavy (non-hydrogen) atoms. The van der Waals surface area contributed by atoms with Crippen molar-refractivity contribution >= 4 is 28.5 Å². The van der Waals surface area contributed by atoms with E-state index in [2.05, 4.69) is 4.98 Å². The third-order valence-electron chi connectivity index (χ3n) is 3.20. The third kappa shape index (κ3) is 2.92. The Balaban J connectivity index is 1.80. The average Bonchev–Trinajstić information content (AvgIpc) is 2.53. The zero-order valence-corrected chi connectivity index (χ0v) is 12.2. The third-order valence-corrected chi connectivity index (χ3v) is 3.53. The smallest absolute Gasteiger partial charge is 0.341 e. The first-order chi connectivity index (χ1) is 10.6. The van der Waals surface area contributed by atoms with E-state index in [0.29, 0.717) is 5.56 Å². The lowest BCUT2D eigenvalue weighted by Crippen LogP contribution is -2.08. The van der Waals surface area contributed by atoms with Crippen molar-refractivity contribution in [2.45, 2.75) is 6.61 Å². The molecule has 0 N–H and O–H groups in total. The molecule has 3 nitrogen and oxygen atoms in total. The van der Waals surface area contributed by atoms with Crippen LogP contribution >= 0.6 is 11.6 Å². The molecule has 0 amide bonds. The van der Waals surface area contributed by atoms with Gasteiger partial charge in [0.1, 0.15) is 17.6 Å². The molecule has 0 bridgehead atoms. The SMILES string of the molecule is O=C(OCc1cc2ccccc2nc1Cl)c1ccccc1F. The zero-order chi connectivity index (χ0) is 15.5. The van der Waals surface area contributed by atoms with Crippen molar-refractivity contribution in [2.24, 2.45) is 0 Å². The molecule has 0 saturated carbocycles. The predicted octanol–water partition coefficient (Wildman–Crippen LogP) is 4.38. The normalized spacial score (nSPS) is 10.6. The van der Waals surface area contributed by atoms with Gasteiger partial charge in [-0.15, -0.1) is 0 Å². The first-order valence-electron chi connectivity index (χ1n) is 6.61. The van der Waals surface area contributed by atoms with Gasteiger partial charge in [-0.1, -0.05) is 41.9 Å². The van der Waals surface area contributed by atoms with Crippen LogP contribution in [0.5, 0.6) is 0 Å². The van der Waals surface area contributed by atoms with Gasteiger partial charge >= 0.3 is 5.97 Å². The molecule has 0 aliphatic rings. The van der Waals surface area contributed by atoms with Gasteiger partial charge in [0.05, 0.1) is 11.1 Å². The first kappa shape index (κ1) is 14.5. The summed E-state index contributed by atoms with van der Waals surface area (Å²) in [4.78, 5) is 16.1. The lowest BCUT2D eigenvalue weighted by Gasteiger charge is -2.08. The molecule has 110 valence electrons. The minimum absolute atomic E-state index is 0.0656. The van der Waals surface area contributed by atoms with Gasteiger partial charge in [-0.25, -0.2) is 14.2 Å². The second-order valence-corrected chi connectivity index (χ2v) is 5.04. The van der Waals surface area contributed by atoms with Crippen LogP contribution in [0.25, 0.3) is 10.9 Å². The van der Waals surface area contributed by atoms with Gasteiger partial charge in [-0.05, 0) is 24.3 Å². The minimum atomic E-state index is -0.734. The summed E-state index contributed by atoms with van der Waals surface area (Å²) in [5.41, 5.74) is 1.23. The van der Waals surface area contributed by atoms with E-state index < -0.39 is 11.8 Å². The first-order valence-corrected chi connectivity index (χ1v) is 6.99. The highest BCUT2D eigenvalue weighted by Crippen LogP contribution is 2.21. The van der Waals surface area contributed by atoms with Crippen molar-refractivity contribution in [3.05, 3.63) is 76.7 Å². The summed E-state index contributed by atoms with van der Waals surface area (Å²) in [6, 6.07) is 15.0. The number of ether oxygens (including phenoxy) is 1. The van der Waals surface area contributed by atoms with Crippen LogP contribution in [0.2, 0.25) is 5.15 Å². The predicted molar refractivity (Wildman–Crippen MR) is 82.3 cm³/mol. The van der Waals surface area contributed by atoms with Crippen molar-refractivity contribution in [2.75, 3.05) is 0 Å². The molecule has 0 radical (unpaired) electrons. The summed E-state index contributed by atoms with van der Waals surface area (Å²) >= 11 is 6.09. The maximum atomic E-state index is 13.5. The van der Waals surface area contributed by atoms with Gasteiger partial charge in [0.15, 0.2) is 0 Å². The lowest BCUT2D eigenvalue weighted by molar-refractivity contribution is 0.0467. The molecule has 5 heteroatoms. The Kier molecular flexibility index (Phi) is 4.02. The Morgan fingerprint density at radius 3 is 2.68 bits per heavy atom. The fourth-order valence-electron chi connectivity index (χ4n) is 2.09. The Morgan fingerprint density at radius 1 is 1.14 bits per heavy atom. The number of pyridine rings is 1. The van der Waals surface area contributed by atoms with Crippen LogP contribution in [0.4, 0.5) is 4.39 Å². The summed E-state index contributed by atoms with van der Waals surface area (Å²) < 4.78 is 18.6. The average molecular weight is 316 g/mol. The number of aromatic nitrogens is 1. The number of esters is 1. The molecule has 3 rings (SSSR count). The number of para-hydroxylation sites is 1. The Labute approximate surface area is 131 Å². The van der Waals surface area contributed by atoms with Crippen LogP contribution in [0.1, 0.15) is 15.9 Å². The molecule has 0 aliphatic heterocycles. The lowest BCUT2D eigenvalue weighted by atomic mass is 10.1. The van der Waals surface area contributed by atoms with Gasteiger partial charge in [0, 0.05) is 10.9 Å². The van der Waals surface area contributed by atoms with E-state index in [-0.39, 0.29) is 17.3 Å². The zero-order valence-electron chi connectivity index (χ0n) is 11.4. The van der Waals surface area contributed by atoms with Crippen LogP contribution in [0, 0.1) is 5.82 Å². The second-order valence-electron chi connectivity index (χ2n) is 4.69. The molecule has 0 spiro atoms. The Bertz CT molecular complexity index is 851. The topological polar surface area (TPSA) is 39.2 Å². The fraction of sp³-hybridized carbons (Fsp3) is 0.0588. The second kappa shape index (κ2) is 6.12. The summed E-state index contributed by atoms with van der Waals surface area (Å²) in [5.74, 6) is -1.35. The fourth-order valence-corrected chi connectivity index (χ4v) is 2.29. The van der Waals surface area contributed by atoms with Crippen molar-refractivity contribution in [3.63, 3.8) is 0 Å². The number of hydrogen-bond acceptors (Lipinski definition) is 3. The molecular weight excluding hydrogens is 305 g/mol. The monoisotopic (exact) mass is 315 g/mol. The van der Waals surface area contributed by atoms with E-state index in [1.807, 2.05) is 24.3 Å². The van der Waals surface area contributed by atoms with E-state index in [0.717, 1.165) is 10.9 Å². The number of rotatable bonds is 3. The van der Waals surface area contributed by atoms with Crippen LogP contribution in [-0.4, -0.2) is 11.0 Å². The molecule has 0 fully saturated rings. The van der Waals surface area contributed by atoms with Crippen LogP contribution < -0.4 is 0 Å². The highest BCUT2D eigenvalue weighted by molar-refractivity contribution is 6.30. The Hall–Kier alpha value is -2.46. The van der Waals surface area contributed by atoms with E-state index in [1.54, 1.807) is 12.1 Å². The number of nitrogens with zero attached hydrogens (tertiary/aromatic N) is 1. The quantitative estimate of drug-likeness (QED) is 0.531. The van der Waals surface area contributed by atoms with Crippen LogP contribution in [-0.2, 0) is 11.3 Å². The molecular formula is C17H11ClFNO2. The van der Waals surface area contributed by atoms with Crippen molar-refractivity contribution in [1.29, 1.82) is 0 Å². The molecule has 0 aliphatic carbocycles. The summed E-state index contributed by atoms with van der Waals surface area (Å²) in [5, 5.41) is 1.16. The van der Waals surface area contributed by atoms with Crippen molar-refractivity contribution in [1.82, 2.24) is 4.98 Å². The molecule has 2 aromatic carbocycles. The molecule has 1 aromatic heterocycles. The number of benzene rings is 2. The molecule has 0 atom stereocenters. The van der Waals surface area contributed by atoms with Gasteiger partial charge in [0.25, 0.3) is 0 Å².